The molecular weight excluding hydrogens is 140 g/mol. The lowest BCUT2D eigenvalue weighted by atomic mass is 10.1. The topological polar surface area (TPSA) is 87.9 Å². The Morgan fingerprint density at radius 2 is 2.18 bits per heavy atom. The Morgan fingerprint density at radius 3 is 2.64 bits per heavy atom. The van der Waals surface area contributed by atoms with E-state index >= 15 is 0 Å². The maximum atomic E-state index is 8.60. The number of anilines is 2. The predicted octanol–water partition coefficient (Wildman–Crippen LogP) is 0.426. The molecule has 0 unspecified atom stereocenters. The number of nitrogens with two attached hydrogens (primary N) is 2. The SMILES string of the molecule is N#Cc1c(N)cccc1NN. The minimum absolute atomic E-state index is 0.384. The summed E-state index contributed by atoms with van der Waals surface area (Å²) in [4.78, 5) is 0. The highest BCUT2D eigenvalue weighted by molar-refractivity contribution is 5.68. The van der Waals surface area contributed by atoms with Crippen LogP contribution in [0.5, 0.6) is 0 Å². The molecule has 0 bridgehead atoms. The highest BCUT2D eigenvalue weighted by Crippen LogP contribution is 2.19. The normalized spacial score (nSPS) is 8.73. The van der Waals surface area contributed by atoms with E-state index in [0.717, 1.165) is 0 Å². The van der Waals surface area contributed by atoms with Gasteiger partial charge < -0.3 is 11.2 Å². The van der Waals surface area contributed by atoms with E-state index in [1.54, 1.807) is 18.2 Å². The lowest BCUT2D eigenvalue weighted by molar-refractivity contribution is 1.33. The molecule has 0 atom stereocenters. The van der Waals surface area contributed by atoms with Crippen LogP contribution in [0.4, 0.5) is 11.4 Å². The number of hydrazine groups is 1. The number of nitrogens with one attached hydrogen (secondary N) is 1. The molecule has 0 radical (unpaired) electrons. The largest absolute Gasteiger partial charge is 0.398 e. The molecule has 0 spiro atoms. The van der Waals surface area contributed by atoms with Crippen molar-refractivity contribution in [2.24, 2.45) is 5.84 Å². The fraction of sp³-hybridized carbons (Fsp3) is 0. The van der Waals surface area contributed by atoms with Gasteiger partial charge in [0.2, 0.25) is 0 Å². The zero-order valence-electron chi connectivity index (χ0n) is 5.83. The molecule has 0 aromatic heterocycles. The predicted molar refractivity (Wildman–Crippen MR) is 43.4 cm³/mol. The molecule has 4 nitrogen and oxygen atoms in total. The van der Waals surface area contributed by atoms with Gasteiger partial charge in [0.05, 0.1) is 16.9 Å². The molecule has 0 aliphatic heterocycles. The summed E-state index contributed by atoms with van der Waals surface area (Å²) in [5.41, 5.74) is 9.24. The number of rotatable bonds is 1. The average Bonchev–Trinajstić information content (AvgIpc) is 2.04. The zero-order chi connectivity index (χ0) is 8.27. The van der Waals surface area contributed by atoms with E-state index in [2.05, 4.69) is 5.43 Å². The maximum absolute atomic E-state index is 8.60. The molecule has 4 heteroatoms. The molecule has 0 amide bonds. The first-order valence-electron chi connectivity index (χ1n) is 3.04. The number of nitrogen functional groups attached to an aromatic ring is 2. The summed E-state index contributed by atoms with van der Waals surface area (Å²) in [6.45, 7) is 0. The van der Waals surface area contributed by atoms with Crippen molar-refractivity contribution in [1.82, 2.24) is 0 Å². The second-order valence-electron chi connectivity index (χ2n) is 2.03. The van der Waals surface area contributed by atoms with E-state index in [1.165, 1.54) is 0 Å². The Balaban J connectivity index is 3.27. The Bertz CT molecular complexity index is 300. The number of hydrogen-bond acceptors (Lipinski definition) is 4. The minimum Gasteiger partial charge on any atom is -0.398 e. The lowest BCUT2D eigenvalue weighted by Crippen LogP contribution is -2.09. The van der Waals surface area contributed by atoms with Crippen LogP contribution in [0, 0.1) is 11.3 Å². The van der Waals surface area contributed by atoms with Crippen LogP contribution in [0.15, 0.2) is 18.2 Å². The van der Waals surface area contributed by atoms with E-state index in [0.29, 0.717) is 16.9 Å². The van der Waals surface area contributed by atoms with Gasteiger partial charge >= 0.3 is 0 Å². The Labute approximate surface area is 64.4 Å². The summed E-state index contributed by atoms with van der Waals surface area (Å²) in [5, 5.41) is 8.60. The summed E-state index contributed by atoms with van der Waals surface area (Å²) in [7, 11) is 0. The first-order chi connectivity index (χ1) is 5.29. The van der Waals surface area contributed by atoms with Gasteiger partial charge in [0, 0.05) is 0 Å². The van der Waals surface area contributed by atoms with Gasteiger partial charge in [-0.1, -0.05) is 6.07 Å². The number of benzene rings is 1. The Hall–Kier alpha value is -1.73. The van der Waals surface area contributed by atoms with E-state index < -0.39 is 0 Å². The number of hydrogen-bond donors (Lipinski definition) is 3. The Kier molecular flexibility index (Phi) is 1.95. The first-order valence-corrected chi connectivity index (χ1v) is 3.04. The average molecular weight is 148 g/mol. The van der Waals surface area contributed by atoms with Crippen molar-refractivity contribution < 1.29 is 0 Å². The molecule has 0 aliphatic rings. The van der Waals surface area contributed by atoms with E-state index in [4.69, 9.17) is 16.8 Å². The number of nitriles is 1. The summed E-state index contributed by atoms with van der Waals surface area (Å²) in [6.07, 6.45) is 0. The van der Waals surface area contributed by atoms with Crippen molar-refractivity contribution in [2.45, 2.75) is 0 Å². The van der Waals surface area contributed by atoms with Crippen molar-refractivity contribution in [3.05, 3.63) is 23.8 Å². The minimum atomic E-state index is 0.384. The van der Waals surface area contributed by atoms with Crippen molar-refractivity contribution >= 4 is 11.4 Å². The lowest BCUT2D eigenvalue weighted by Gasteiger charge is -2.03. The summed E-state index contributed by atoms with van der Waals surface area (Å²) < 4.78 is 0. The first kappa shape index (κ1) is 7.38. The van der Waals surface area contributed by atoms with Crippen molar-refractivity contribution in [1.29, 1.82) is 5.26 Å². The fourth-order valence-corrected chi connectivity index (χ4v) is 0.815. The quantitative estimate of drug-likeness (QED) is 0.306. The standard InChI is InChI=1S/C7H8N4/c8-4-5-6(9)2-1-3-7(5)11-10/h1-3,11H,9-10H2. The van der Waals surface area contributed by atoms with Crippen LogP contribution in [0.1, 0.15) is 5.56 Å². The highest BCUT2D eigenvalue weighted by Gasteiger charge is 2.01. The third-order valence-corrected chi connectivity index (χ3v) is 1.36. The molecule has 0 saturated carbocycles. The summed E-state index contributed by atoms with van der Waals surface area (Å²) in [6, 6.07) is 7.02. The second-order valence-corrected chi connectivity index (χ2v) is 2.03. The van der Waals surface area contributed by atoms with Crippen LogP contribution in [0.25, 0.3) is 0 Å². The summed E-state index contributed by atoms with van der Waals surface area (Å²) >= 11 is 0. The van der Waals surface area contributed by atoms with Gasteiger partial charge in [-0.15, -0.1) is 0 Å². The van der Waals surface area contributed by atoms with E-state index in [9.17, 15) is 0 Å². The molecule has 1 aromatic carbocycles. The van der Waals surface area contributed by atoms with Gasteiger partial charge in [-0.3, -0.25) is 5.84 Å². The van der Waals surface area contributed by atoms with Gasteiger partial charge in [0.25, 0.3) is 0 Å². The van der Waals surface area contributed by atoms with Crippen LogP contribution in [-0.4, -0.2) is 0 Å². The van der Waals surface area contributed by atoms with E-state index in [1.807, 2.05) is 6.07 Å². The van der Waals surface area contributed by atoms with Crippen molar-refractivity contribution in [2.75, 3.05) is 11.2 Å². The Morgan fingerprint density at radius 1 is 1.45 bits per heavy atom. The molecule has 0 fully saturated rings. The molecule has 0 aliphatic carbocycles. The van der Waals surface area contributed by atoms with Crippen LogP contribution >= 0.6 is 0 Å². The van der Waals surface area contributed by atoms with Gasteiger partial charge in [-0.05, 0) is 12.1 Å². The van der Waals surface area contributed by atoms with Crippen LogP contribution in [0.3, 0.4) is 0 Å². The number of nitrogens with zero attached hydrogens (tertiary/aromatic N) is 1. The fourth-order valence-electron chi connectivity index (χ4n) is 0.815. The smallest absolute Gasteiger partial charge is 0.104 e. The van der Waals surface area contributed by atoms with Crippen LogP contribution in [-0.2, 0) is 0 Å². The molecule has 0 saturated heterocycles. The zero-order valence-corrected chi connectivity index (χ0v) is 5.83. The van der Waals surface area contributed by atoms with Gasteiger partial charge in [0.15, 0.2) is 0 Å². The van der Waals surface area contributed by atoms with Gasteiger partial charge in [0.1, 0.15) is 6.07 Å². The monoisotopic (exact) mass is 148 g/mol. The highest BCUT2D eigenvalue weighted by atomic mass is 15.2. The van der Waals surface area contributed by atoms with Crippen molar-refractivity contribution in [3.63, 3.8) is 0 Å². The summed E-state index contributed by atoms with van der Waals surface area (Å²) in [5.74, 6) is 5.14. The molecule has 11 heavy (non-hydrogen) atoms. The van der Waals surface area contributed by atoms with Crippen molar-refractivity contribution in [3.8, 4) is 6.07 Å². The van der Waals surface area contributed by atoms with Crippen LogP contribution < -0.4 is 17.0 Å². The van der Waals surface area contributed by atoms with Gasteiger partial charge in [-0.2, -0.15) is 5.26 Å². The molecule has 0 heterocycles. The molecule has 5 N–H and O–H groups in total. The second kappa shape index (κ2) is 2.90. The maximum Gasteiger partial charge on any atom is 0.104 e. The third kappa shape index (κ3) is 1.23. The molecule has 1 rings (SSSR count). The van der Waals surface area contributed by atoms with Gasteiger partial charge in [-0.25, -0.2) is 0 Å². The van der Waals surface area contributed by atoms with Crippen LogP contribution in [0.2, 0.25) is 0 Å². The van der Waals surface area contributed by atoms with E-state index in [-0.39, 0.29) is 0 Å². The molecule has 1 aromatic rings. The molecular formula is C7H8N4. The molecule has 56 valence electrons. The third-order valence-electron chi connectivity index (χ3n) is 1.36.